The van der Waals surface area contributed by atoms with Crippen molar-refractivity contribution in [3.63, 3.8) is 0 Å². The van der Waals surface area contributed by atoms with E-state index in [-0.39, 0.29) is 25.3 Å². The van der Waals surface area contributed by atoms with Gasteiger partial charge in [-0.25, -0.2) is 0 Å². The van der Waals surface area contributed by atoms with Gasteiger partial charge in [-0.3, -0.25) is 33.9 Å². The molecule has 8 saturated heterocycles. The van der Waals surface area contributed by atoms with Gasteiger partial charge in [0.05, 0.1) is 41.4 Å². The Balaban J connectivity index is 0.000000174. The molecule has 4 aromatic heterocycles. The molecule has 15 nitrogen and oxygen atoms in total. The van der Waals surface area contributed by atoms with E-state index in [0.29, 0.717) is 49.1 Å². The van der Waals surface area contributed by atoms with Gasteiger partial charge in [-0.05, 0) is 192 Å². The van der Waals surface area contributed by atoms with Crippen molar-refractivity contribution < 1.29 is 23.9 Å². The van der Waals surface area contributed by atoms with Crippen LogP contribution in [0.1, 0.15) is 161 Å². The lowest BCUT2D eigenvalue weighted by Crippen LogP contribution is -2.50. The van der Waals surface area contributed by atoms with E-state index >= 15 is 0 Å². The predicted molar refractivity (Wildman–Crippen MR) is 372 cm³/mol. The molecule has 0 aliphatic carbocycles. The summed E-state index contributed by atoms with van der Waals surface area (Å²) in [5, 5.41) is 2.44. The van der Waals surface area contributed by atoms with Gasteiger partial charge < -0.3 is 39.2 Å². The molecular formula is C74H104N10O5S2. The fourth-order valence-electron chi connectivity index (χ4n) is 16.9. The third-order valence-corrected chi connectivity index (χ3v) is 24.8. The van der Waals surface area contributed by atoms with E-state index < -0.39 is 10.8 Å². The second kappa shape index (κ2) is 27.1. The summed E-state index contributed by atoms with van der Waals surface area (Å²) in [6.07, 6.45) is 14.7. The van der Waals surface area contributed by atoms with Crippen LogP contribution in [0.2, 0.25) is 0 Å². The Morgan fingerprint density at radius 3 is 1.31 bits per heavy atom. The Kier molecular flexibility index (Phi) is 19.6. The quantitative estimate of drug-likeness (QED) is 0.0915. The van der Waals surface area contributed by atoms with Crippen LogP contribution in [0, 0.1) is 27.7 Å². The van der Waals surface area contributed by atoms with Crippen molar-refractivity contribution in [1.82, 2.24) is 49.2 Å². The number of aromatic nitrogens is 2. The molecule has 492 valence electrons. The lowest BCUT2D eigenvalue weighted by Gasteiger charge is -2.36. The van der Waals surface area contributed by atoms with Gasteiger partial charge in [-0.15, -0.1) is 22.7 Å². The highest BCUT2D eigenvalue weighted by atomic mass is 32.1. The first-order valence-corrected chi connectivity index (χ1v) is 36.0. The largest absolute Gasteiger partial charge is 0.375 e. The van der Waals surface area contributed by atoms with Gasteiger partial charge in [0.15, 0.2) is 0 Å². The van der Waals surface area contributed by atoms with Crippen molar-refractivity contribution in [3.8, 4) is 22.5 Å². The third kappa shape index (κ3) is 13.4. The van der Waals surface area contributed by atoms with Gasteiger partial charge in [0.2, 0.25) is 23.6 Å². The minimum absolute atomic E-state index is 0. The first kappa shape index (κ1) is 65.7. The monoisotopic (exact) mass is 1280 g/mol. The fraction of sp³-hybridized carbons (Fsp3) is 0.622. The Morgan fingerprint density at radius 1 is 0.505 bits per heavy atom. The number of methoxy groups -OCH3 is 1. The highest BCUT2D eigenvalue weighted by Gasteiger charge is 2.49. The molecule has 17 heteroatoms. The standard InChI is InChI=1S/C37H51N5O3S.C36H49N5O2S.CH4/c1-24-18-25(2)20-26(19-24)34-33(30(45-5)22-39-14-16-40(17-15-39)23-32(43)41-12-6-7-13-41)29-21-31(46-35(29)38-34)37(3,4)36(44)42-27-8-9-28(42)11-10-27;1-24-19-25(2)21-26(20-24)33-29(11-14-38-15-17-39(18-16-38)23-32(42)40-12-5-6-13-40)30-22-31(44-34(30)37-33)36(3,4)35(43)41-27-7-8-28(41)10-9-27;/h18-21,27-28,30,38H,6-17,22-23H2,1-5H3;19-22,27-28,37H,5-18,23H2,1-4H3;1H4. The molecule has 4 amide bonds. The molecule has 8 fully saturated rings. The summed E-state index contributed by atoms with van der Waals surface area (Å²) < 4.78 is 6.34. The number of H-pyrrole nitrogens is 2. The number of fused-ring (bicyclic) bond motifs is 6. The number of likely N-dealkylation sites (tertiary alicyclic amines) is 2. The summed E-state index contributed by atoms with van der Waals surface area (Å²) in [5.41, 5.74) is 11.2. The van der Waals surface area contributed by atoms with Crippen molar-refractivity contribution >= 4 is 66.7 Å². The number of aryl methyl sites for hydroxylation is 4. The number of aromatic amines is 2. The number of hydrogen-bond donors (Lipinski definition) is 2. The van der Waals surface area contributed by atoms with E-state index in [1.165, 1.54) is 96.4 Å². The summed E-state index contributed by atoms with van der Waals surface area (Å²) in [7, 11) is 1.82. The van der Waals surface area contributed by atoms with Crippen LogP contribution < -0.4 is 0 Å². The van der Waals surface area contributed by atoms with Crippen LogP contribution in [-0.4, -0.2) is 209 Å². The van der Waals surface area contributed by atoms with E-state index in [1.807, 2.05) is 16.9 Å². The van der Waals surface area contributed by atoms with Crippen molar-refractivity contribution in [2.24, 2.45) is 0 Å². The molecule has 0 spiro atoms. The Hall–Kier alpha value is -5.40. The molecular weight excluding hydrogens is 1170 g/mol. The van der Waals surface area contributed by atoms with Crippen LogP contribution in [0.3, 0.4) is 0 Å². The Bertz CT molecular complexity index is 3520. The zero-order valence-electron chi connectivity index (χ0n) is 55.4. The molecule has 1 unspecified atom stereocenters. The van der Waals surface area contributed by atoms with Crippen molar-refractivity contribution in [1.29, 1.82) is 0 Å². The SMILES string of the molecule is C.COC(CN1CCN(CC(=O)N2CCCC2)CC1)c1c(-c2cc(C)cc(C)c2)[nH]c2sc(C(C)(C)C(=O)N3C4CCC3CC4)cc12.Cc1cc(C)cc(-c2[nH]c3sc(C(C)(C)C(=O)N4C5CCC4CC5)cc3c2CCN2CCN(CC(=O)N3CCCC3)CC2)c1. The molecule has 1 atom stereocenters. The maximum atomic E-state index is 14.1. The van der Waals surface area contributed by atoms with Crippen LogP contribution in [0.5, 0.6) is 0 Å². The van der Waals surface area contributed by atoms with Gasteiger partial charge in [0.25, 0.3) is 0 Å². The number of carbonyl (C=O) groups is 4. The zero-order valence-corrected chi connectivity index (χ0v) is 57.1. The van der Waals surface area contributed by atoms with E-state index in [9.17, 15) is 19.2 Å². The molecule has 14 rings (SSSR count). The zero-order chi connectivity index (χ0) is 62.8. The lowest BCUT2D eigenvalue weighted by molar-refractivity contribution is -0.138. The number of amides is 4. The number of ether oxygens (including phenoxy) is 1. The molecule has 8 aliphatic rings. The highest BCUT2D eigenvalue weighted by Crippen LogP contribution is 2.48. The van der Waals surface area contributed by atoms with E-state index in [4.69, 9.17) is 4.74 Å². The number of carbonyl (C=O) groups excluding carboxylic acids is 4. The normalized spacial score (nSPS) is 22.9. The van der Waals surface area contributed by atoms with E-state index in [0.717, 1.165) is 165 Å². The average molecular weight is 1280 g/mol. The fourth-order valence-corrected chi connectivity index (χ4v) is 19.3. The van der Waals surface area contributed by atoms with Gasteiger partial charge >= 0.3 is 0 Å². The van der Waals surface area contributed by atoms with Crippen LogP contribution in [0.4, 0.5) is 0 Å². The molecule has 12 heterocycles. The third-order valence-electron chi connectivity index (χ3n) is 22.1. The molecule has 0 saturated carbocycles. The lowest BCUT2D eigenvalue weighted by atomic mass is 9.88. The molecule has 0 radical (unpaired) electrons. The second-order valence-corrected chi connectivity index (χ2v) is 31.4. The number of nitrogens with zero attached hydrogens (tertiary/aromatic N) is 8. The minimum Gasteiger partial charge on any atom is -0.375 e. The number of thiophene rings is 2. The van der Waals surface area contributed by atoms with Gasteiger partial charge in [0, 0.05) is 149 Å². The van der Waals surface area contributed by atoms with Crippen molar-refractivity contribution in [2.75, 3.05) is 112 Å². The topological polar surface area (TPSA) is 135 Å². The smallest absolute Gasteiger partial charge is 0.236 e. The average Bonchev–Trinajstić information content (AvgIpc) is 1.68. The van der Waals surface area contributed by atoms with Gasteiger partial charge in [-0.1, -0.05) is 41.8 Å². The summed E-state index contributed by atoms with van der Waals surface area (Å²) in [5.74, 6) is 1.17. The van der Waals surface area contributed by atoms with Crippen LogP contribution in [0.25, 0.3) is 42.9 Å². The number of nitrogens with one attached hydrogen (secondary N) is 2. The number of hydrogen-bond acceptors (Lipinski definition) is 11. The molecule has 2 aromatic carbocycles. The first-order valence-electron chi connectivity index (χ1n) is 34.4. The van der Waals surface area contributed by atoms with E-state index in [2.05, 4.69) is 143 Å². The Morgan fingerprint density at radius 2 is 0.879 bits per heavy atom. The van der Waals surface area contributed by atoms with Gasteiger partial charge in [0.1, 0.15) is 9.66 Å². The van der Waals surface area contributed by atoms with E-state index in [1.54, 1.807) is 22.7 Å². The molecule has 2 N–H and O–H groups in total. The number of rotatable bonds is 17. The molecule has 4 bridgehead atoms. The summed E-state index contributed by atoms with van der Waals surface area (Å²) >= 11 is 3.50. The van der Waals surface area contributed by atoms with Crippen LogP contribution in [0.15, 0.2) is 48.5 Å². The molecule has 8 aliphatic heterocycles. The summed E-state index contributed by atoms with van der Waals surface area (Å²) in [6, 6.07) is 19.9. The van der Waals surface area contributed by atoms with Crippen LogP contribution >= 0.6 is 22.7 Å². The molecule has 6 aromatic rings. The molecule has 91 heavy (non-hydrogen) atoms. The summed E-state index contributed by atoms with van der Waals surface area (Å²) in [4.78, 5) is 83.9. The minimum atomic E-state index is -0.585. The summed E-state index contributed by atoms with van der Waals surface area (Å²) in [6.45, 7) is 31.2. The van der Waals surface area contributed by atoms with Gasteiger partial charge in [-0.2, -0.15) is 0 Å². The number of piperazine rings is 2. The predicted octanol–water partition coefficient (Wildman–Crippen LogP) is 12.2. The maximum absolute atomic E-state index is 14.1. The van der Waals surface area contributed by atoms with Crippen molar-refractivity contribution in [2.45, 2.75) is 187 Å². The number of benzene rings is 2. The maximum Gasteiger partial charge on any atom is 0.236 e. The van der Waals surface area contributed by atoms with Crippen molar-refractivity contribution in [3.05, 3.63) is 91.7 Å². The Labute approximate surface area is 550 Å². The second-order valence-electron chi connectivity index (χ2n) is 29.3. The van der Waals surface area contributed by atoms with Crippen LogP contribution in [-0.2, 0) is 41.2 Å². The first-order chi connectivity index (χ1) is 43.3. The highest BCUT2D eigenvalue weighted by molar-refractivity contribution is 7.19.